The molecule has 1 aromatic carbocycles. The first-order valence-corrected chi connectivity index (χ1v) is 9.91. The Bertz CT molecular complexity index is 519. The molecular weight excluding hydrogens is 453 g/mol. The van der Waals surface area contributed by atoms with E-state index in [0.717, 1.165) is 38.6 Å². The number of hydrogen-bond donors (Lipinski definition) is 2. The zero-order chi connectivity index (χ0) is 18.5. The van der Waals surface area contributed by atoms with Crippen LogP contribution >= 0.6 is 24.0 Å². The number of nitrogens with zero attached hydrogens (tertiary/aromatic N) is 1. The van der Waals surface area contributed by atoms with Gasteiger partial charge >= 0.3 is 0 Å². The van der Waals surface area contributed by atoms with Gasteiger partial charge in [0, 0.05) is 33.4 Å². The van der Waals surface area contributed by atoms with Crippen LogP contribution in [-0.2, 0) is 16.1 Å². The molecule has 1 aliphatic carbocycles. The quantitative estimate of drug-likeness (QED) is 0.214. The van der Waals surface area contributed by atoms with Crippen molar-refractivity contribution in [1.29, 1.82) is 0 Å². The Morgan fingerprint density at radius 3 is 2.52 bits per heavy atom. The maximum absolute atomic E-state index is 5.74. The summed E-state index contributed by atoms with van der Waals surface area (Å²) in [6.45, 7) is 6.72. The fraction of sp³-hybridized carbons (Fsp3) is 0.667. The third kappa shape index (κ3) is 9.25. The molecule has 0 aromatic heterocycles. The zero-order valence-corrected chi connectivity index (χ0v) is 19.2. The van der Waals surface area contributed by atoms with E-state index < -0.39 is 0 Å². The monoisotopic (exact) mass is 489 g/mol. The number of ether oxygens (including phenoxy) is 2. The van der Waals surface area contributed by atoms with Crippen molar-refractivity contribution in [2.75, 3.05) is 40.0 Å². The molecule has 0 amide bonds. The highest BCUT2D eigenvalue weighted by Crippen LogP contribution is 2.41. The van der Waals surface area contributed by atoms with Crippen LogP contribution in [-0.4, -0.2) is 45.9 Å². The van der Waals surface area contributed by atoms with Crippen LogP contribution in [0.3, 0.4) is 0 Å². The molecule has 1 saturated carbocycles. The second-order valence-electron chi connectivity index (χ2n) is 7.11. The van der Waals surface area contributed by atoms with Gasteiger partial charge in [0.25, 0.3) is 0 Å². The molecule has 0 saturated heterocycles. The zero-order valence-electron chi connectivity index (χ0n) is 16.8. The Kier molecular flexibility index (Phi) is 12.7. The van der Waals surface area contributed by atoms with Crippen molar-refractivity contribution in [3.05, 3.63) is 35.9 Å². The van der Waals surface area contributed by atoms with E-state index in [0.29, 0.717) is 18.6 Å². The summed E-state index contributed by atoms with van der Waals surface area (Å²) in [5.74, 6) is 0.888. The fourth-order valence-corrected chi connectivity index (χ4v) is 3.53. The lowest BCUT2D eigenvalue weighted by molar-refractivity contribution is 0.125. The number of hydrogen-bond acceptors (Lipinski definition) is 3. The van der Waals surface area contributed by atoms with E-state index in [9.17, 15) is 0 Å². The molecule has 0 spiro atoms. The highest BCUT2D eigenvalue weighted by atomic mass is 127. The maximum Gasteiger partial charge on any atom is 0.191 e. The van der Waals surface area contributed by atoms with Gasteiger partial charge in [-0.3, -0.25) is 4.99 Å². The van der Waals surface area contributed by atoms with Gasteiger partial charge in [-0.05, 0) is 37.2 Å². The molecule has 6 heteroatoms. The molecule has 154 valence electrons. The van der Waals surface area contributed by atoms with Crippen LogP contribution in [0.15, 0.2) is 35.3 Å². The molecule has 27 heavy (non-hydrogen) atoms. The number of halogens is 1. The molecule has 0 aliphatic heterocycles. The molecule has 5 nitrogen and oxygen atoms in total. The van der Waals surface area contributed by atoms with Crippen LogP contribution < -0.4 is 10.6 Å². The van der Waals surface area contributed by atoms with Gasteiger partial charge in [-0.2, -0.15) is 0 Å². The average Bonchev–Trinajstić information content (AvgIpc) is 3.14. The van der Waals surface area contributed by atoms with Crippen molar-refractivity contribution in [2.45, 2.75) is 45.6 Å². The minimum absolute atomic E-state index is 0. The number of rotatable bonds is 11. The Balaban J connectivity index is 0.00000364. The molecule has 1 aliphatic rings. The van der Waals surface area contributed by atoms with Gasteiger partial charge in [0.2, 0.25) is 0 Å². The smallest absolute Gasteiger partial charge is 0.191 e. The number of benzene rings is 1. The van der Waals surface area contributed by atoms with Crippen LogP contribution in [0.1, 0.15) is 44.6 Å². The van der Waals surface area contributed by atoms with Gasteiger partial charge in [0.1, 0.15) is 0 Å². The summed E-state index contributed by atoms with van der Waals surface area (Å²) in [5, 5.41) is 6.73. The minimum Gasteiger partial charge on any atom is -0.385 e. The summed E-state index contributed by atoms with van der Waals surface area (Å²) in [6, 6.07) is 10.3. The Morgan fingerprint density at radius 2 is 1.85 bits per heavy atom. The lowest BCUT2D eigenvalue weighted by Crippen LogP contribution is -2.40. The van der Waals surface area contributed by atoms with Crippen molar-refractivity contribution in [2.24, 2.45) is 10.4 Å². The van der Waals surface area contributed by atoms with Gasteiger partial charge in [-0.25, -0.2) is 0 Å². The van der Waals surface area contributed by atoms with E-state index in [1.807, 2.05) is 18.2 Å². The average molecular weight is 489 g/mol. The molecule has 0 bridgehead atoms. The van der Waals surface area contributed by atoms with E-state index in [1.165, 1.54) is 31.2 Å². The van der Waals surface area contributed by atoms with Crippen LogP contribution in [0, 0.1) is 5.41 Å². The number of nitrogens with one attached hydrogen (secondary N) is 2. The van der Waals surface area contributed by atoms with Gasteiger partial charge in [0.05, 0.1) is 13.2 Å². The molecule has 2 rings (SSSR count). The van der Waals surface area contributed by atoms with Crippen LogP contribution in [0.25, 0.3) is 0 Å². The fourth-order valence-electron chi connectivity index (χ4n) is 3.53. The van der Waals surface area contributed by atoms with Crippen molar-refractivity contribution >= 4 is 29.9 Å². The summed E-state index contributed by atoms with van der Waals surface area (Å²) in [4.78, 5) is 4.86. The standard InChI is InChI=1S/C21H35N3O2.HI/c1-3-22-20(23-14-16-26-17-19-9-5-4-6-10-19)24-18-21(13-15-25-2)11-7-8-12-21;/h4-6,9-10H,3,7-8,11-18H2,1-2H3,(H2,22,23,24);1H. The molecule has 0 unspecified atom stereocenters. The van der Waals surface area contributed by atoms with E-state index in [-0.39, 0.29) is 24.0 Å². The normalized spacial score (nSPS) is 16.0. The number of aliphatic imine (C=N–C) groups is 1. The highest BCUT2D eigenvalue weighted by molar-refractivity contribution is 14.0. The Morgan fingerprint density at radius 1 is 1.11 bits per heavy atom. The largest absolute Gasteiger partial charge is 0.385 e. The molecule has 1 aromatic rings. The predicted octanol–water partition coefficient (Wildman–Crippen LogP) is 3.97. The number of methoxy groups -OCH3 is 1. The first kappa shape index (κ1) is 24.2. The van der Waals surface area contributed by atoms with Gasteiger partial charge in [0.15, 0.2) is 5.96 Å². The van der Waals surface area contributed by atoms with Crippen molar-refractivity contribution in [1.82, 2.24) is 10.6 Å². The molecule has 0 heterocycles. The Labute approximate surface area is 181 Å². The second-order valence-corrected chi connectivity index (χ2v) is 7.11. The summed E-state index contributed by atoms with van der Waals surface area (Å²) in [6.07, 6.45) is 6.26. The van der Waals surface area contributed by atoms with E-state index in [2.05, 4.69) is 29.7 Å². The van der Waals surface area contributed by atoms with Crippen molar-refractivity contribution in [3.63, 3.8) is 0 Å². The summed E-state index contributed by atoms with van der Waals surface area (Å²) >= 11 is 0. The van der Waals surface area contributed by atoms with Gasteiger partial charge in [-0.15, -0.1) is 24.0 Å². The first-order valence-electron chi connectivity index (χ1n) is 9.91. The number of guanidine groups is 1. The first-order chi connectivity index (χ1) is 12.8. The predicted molar refractivity (Wildman–Crippen MR) is 123 cm³/mol. The lowest BCUT2D eigenvalue weighted by atomic mass is 9.83. The minimum atomic E-state index is 0. The molecule has 1 fully saturated rings. The van der Waals surface area contributed by atoms with Crippen LogP contribution in [0.2, 0.25) is 0 Å². The van der Waals surface area contributed by atoms with E-state index in [4.69, 9.17) is 14.5 Å². The second kappa shape index (κ2) is 14.2. The van der Waals surface area contributed by atoms with Gasteiger partial charge in [-0.1, -0.05) is 43.2 Å². The summed E-state index contributed by atoms with van der Waals surface area (Å²) in [5.41, 5.74) is 1.52. The van der Waals surface area contributed by atoms with Crippen molar-refractivity contribution < 1.29 is 9.47 Å². The molecule has 0 radical (unpaired) electrons. The molecule has 2 N–H and O–H groups in total. The molecule has 0 atom stereocenters. The van der Waals surface area contributed by atoms with Crippen LogP contribution in [0.4, 0.5) is 0 Å². The van der Waals surface area contributed by atoms with Crippen LogP contribution in [0.5, 0.6) is 0 Å². The summed E-state index contributed by atoms with van der Waals surface area (Å²) < 4.78 is 11.1. The lowest BCUT2D eigenvalue weighted by Gasteiger charge is -2.27. The summed E-state index contributed by atoms with van der Waals surface area (Å²) in [7, 11) is 1.78. The maximum atomic E-state index is 5.74. The van der Waals surface area contributed by atoms with E-state index in [1.54, 1.807) is 7.11 Å². The SMILES string of the molecule is CCNC(=NCC1(CCOC)CCCC1)NCCOCc1ccccc1.I. The van der Waals surface area contributed by atoms with Gasteiger partial charge < -0.3 is 20.1 Å². The molecular formula is C21H36IN3O2. The Hall–Kier alpha value is -0.860. The third-order valence-corrected chi connectivity index (χ3v) is 5.07. The van der Waals surface area contributed by atoms with Crippen molar-refractivity contribution in [3.8, 4) is 0 Å². The highest BCUT2D eigenvalue weighted by Gasteiger charge is 2.33. The van der Waals surface area contributed by atoms with E-state index >= 15 is 0 Å². The third-order valence-electron chi connectivity index (χ3n) is 5.07. The topological polar surface area (TPSA) is 54.9 Å².